The van der Waals surface area contributed by atoms with Crippen molar-refractivity contribution in [1.82, 2.24) is 5.32 Å². The summed E-state index contributed by atoms with van der Waals surface area (Å²) in [7, 11) is 0. The topological polar surface area (TPSA) is 82.0 Å². The number of nitrogens with zero attached hydrogens (tertiary/aromatic N) is 1. The molecule has 0 bridgehead atoms. The van der Waals surface area contributed by atoms with Gasteiger partial charge in [0.1, 0.15) is 0 Å². The van der Waals surface area contributed by atoms with E-state index >= 15 is 0 Å². The second kappa shape index (κ2) is 8.54. The van der Waals surface area contributed by atoms with Crippen LogP contribution in [0.3, 0.4) is 0 Å². The highest BCUT2D eigenvalue weighted by atomic mass is 32.2. The van der Waals surface area contributed by atoms with Crippen LogP contribution in [0.15, 0.2) is 48.5 Å². The summed E-state index contributed by atoms with van der Waals surface area (Å²) in [6.45, 7) is 0. The molecule has 1 saturated carbocycles. The molecule has 1 aliphatic rings. The Morgan fingerprint density at radius 3 is 2.62 bits per heavy atom. The number of thioether (sulfide) groups is 1. The molecule has 2 amide bonds. The molecule has 0 spiro atoms. The maximum Gasteiger partial charge on any atom is 0.251 e. The molecular formula is C20H19N3O2S. The van der Waals surface area contributed by atoms with Crippen LogP contribution in [-0.2, 0) is 10.5 Å². The molecular weight excluding hydrogens is 346 g/mol. The van der Waals surface area contributed by atoms with Crippen molar-refractivity contribution in [3.05, 3.63) is 65.2 Å². The molecule has 6 heteroatoms. The highest BCUT2D eigenvalue weighted by Gasteiger charge is 2.23. The van der Waals surface area contributed by atoms with Gasteiger partial charge in [0.25, 0.3) is 5.91 Å². The zero-order valence-electron chi connectivity index (χ0n) is 14.2. The molecule has 2 aromatic rings. The lowest BCUT2D eigenvalue weighted by Gasteiger charge is -2.08. The van der Waals surface area contributed by atoms with Gasteiger partial charge in [0, 0.05) is 23.0 Å². The average molecular weight is 365 g/mol. The summed E-state index contributed by atoms with van der Waals surface area (Å²) in [4.78, 5) is 24.2. The smallest absolute Gasteiger partial charge is 0.251 e. The molecule has 2 N–H and O–H groups in total. The molecule has 1 aliphatic carbocycles. The Morgan fingerprint density at radius 1 is 1.15 bits per heavy atom. The lowest BCUT2D eigenvalue weighted by atomic mass is 10.2. The first-order valence-corrected chi connectivity index (χ1v) is 9.57. The molecule has 132 valence electrons. The van der Waals surface area contributed by atoms with Crippen LogP contribution in [0.2, 0.25) is 0 Å². The van der Waals surface area contributed by atoms with Crippen molar-refractivity contribution >= 4 is 29.3 Å². The van der Waals surface area contributed by atoms with E-state index < -0.39 is 0 Å². The first kappa shape index (κ1) is 18.0. The van der Waals surface area contributed by atoms with Gasteiger partial charge in [-0.2, -0.15) is 5.26 Å². The number of anilines is 1. The number of carbonyl (C=O) groups excluding carboxylic acids is 2. The zero-order valence-corrected chi connectivity index (χ0v) is 15.0. The quantitative estimate of drug-likeness (QED) is 0.788. The van der Waals surface area contributed by atoms with Crippen molar-refractivity contribution in [2.75, 3.05) is 11.1 Å². The third-order valence-corrected chi connectivity index (χ3v) is 4.91. The Labute approximate surface area is 156 Å². The number of nitriles is 1. The fraction of sp³-hybridized carbons (Fsp3) is 0.250. The van der Waals surface area contributed by atoms with E-state index in [1.54, 1.807) is 36.4 Å². The Hall–Kier alpha value is -2.78. The predicted octanol–water partition coefficient (Wildman–Crippen LogP) is 3.32. The number of nitrogens with one attached hydrogen (secondary N) is 2. The summed E-state index contributed by atoms with van der Waals surface area (Å²) >= 11 is 1.50. The van der Waals surface area contributed by atoms with Gasteiger partial charge < -0.3 is 10.6 Å². The molecule has 0 atom stereocenters. The van der Waals surface area contributed by atoms with Crippen molar-refractivity contribution in [1.29, 1.82) is 5.26 Å². The van der Waals surface area contributed by atoms with E-state index in [1.807, 2.05) is 12.1 Å². The van der Waals surface area contributed by atoms with E-state index in [2.05, 4.69) is 16.7 Å². The molecule has 1 fully saturated rings. The summed E-state index contributed by atoms with van der Waals surface area (Å²) in [6, 6.07) is 16.7. The standard InChI is InChI=1S/C20H19N3O2S/c21-11-14-4-6-15(7-5-14)12-26-13-19(24)22-18-3-1-2-16(10-18)20(25)23-17-8-9-17/h1-7,10,17H,8-9,12-13H2,(H,22,24)(H,23,25). The maximum atomic E-state index is 12.1. The van der Waals surface area contributed by atoms with Crippen LogP contribution in [-0.4, -0.2) is 23.6 Å². The van der Waals surface area contributed by atoms with Gasteiger partial charge in [-0.3, -0.25) is 9.59 Å². The first-order valence-electron chi connectivity index (χ1n) is 8.41. The molecule has 0 heterocycles. The molecule has 2 aromatic carbocycles. The van der Waals surface area contributed by atoms with Gasteiger partial charge in [-0.1, -0.05) is 18.2 Å². The van der Waals surface area contributed by atoms with E-state index in [-0.39, 0.29) is 11.8 Å². The molecule has 3 rings (SSSR count). The molecule has 0 unspecified atom stereocenters. The third kappa shape index (κ3) is 5.36. The van der Waals surface area contributed by atoms with E-state index in [1.165, 1.54) is 11.8 Å². The highest BCUT2D eigenvalue weighted by Crippen LogP contribution is 2.20. The van der Waals surface area contributed by atoms with Crippen LogP contribution in [0, 0.1) is 11.3 Å². The number of carbonyl (C=O) groups is 2. The van der Waals surface area contributed by atoms with Crippen LogP contribution in [0.25, 0.3) is 0 Å². The van der Waals surface area contributed by atoms with E-state index in [0.717, 1.165) is 18.4 Å². The highest BCUT2D eigenvalue weighted by molar-refractivity contribution is 7.99. The van der Waals surface area contributed by atoms with Gasteiger partial charge in [-0.05, 0) is 48.7 Å². The van der Waals surface area contributed by atoms with E-state index in [0.29, 0.717) is 34.4 Å². The van der Waals surface area contributed by atoms with E-state index in [9.17, 15) is 9.59 Å². The fourth-order valence-corrected chi connectivity index (χ4v) is 3.16. The molecule has 0 aromatic heterocycles. The van der Waals surface area contributed by atoms with Crippen molar-refractivity contribution in [3.63, 3.8) is 0 Å². The third-order valence-electron chi connectivity index (χ3n) is 3.91. The lowest BCUT2D eigenvalue weighted by molar-refractivity contribution is -0.113. The maximum absolute atomic E-state index is 12.1. The Morgan fingerprint density at radius 2 is 1.92 bits per heavy atom. The fourth-order valence-electron chi connectivity index (χ4n) is 2.37. The SMILES string of the molecule is N#Cc1ccc(CSCC(=O)Nc2cccc(C(=O)NC3CC3)c2)cc1. The summed E-state index contributed by atoms with van der Waals surface area (Å²) in [6.07, 6.45) is 2.08. The van der Waals surface area contributed by atoms with E-state index in [4.69, 9.17) is 5.26 Å². The average Bonchev–Trinajstić information content (AvgIpc) is 3.46. The Balaban J connectivity index is 1.46. The van der Waals surface area contributed by atoms with Crippen LogP contribution in [0.5, 0.6) is 0 Å². The van der Waals surface area contributed by atoms with Gasteiger partial charge >= 0.3 is 0 Å². The minimum atomic E-state index is -0.108. The van der Waals surface area contributed by atoms with Crippen LogP contribution in [0.1, 0.15) is 34.3 Å². The second-order valence-electron chi connectivity index (χ2n) is 6.18. The Kier molecular flexibility index (Phi) is 5.92. The van der Waals surface area contributed by atoms with Gasteiger partial charge in [-0.15, -0.1) is 11.8 Å². The largest absolute Gasteiger partial charge is 0.349 e. The summed E-state index contributed by atoms with van der Waals surface area (Å²) in [5.74, 6) is 0.809. The van der Waals surface area contributed by atoms with Gasteiger partial charge in [0.15, 0.2) is 0 Å². The van der Waals surface area contributed by atoms with Crippen molar-refractivity contribution < 1.29 is 9.59 Å². The molecule has 0 aliphatic heterocycles. The Bertz CT molecular complexity index is 839. The van der Waals surface area contributed by atoms with Crippen molar-refractivity contribution in [2.45, 2.75) is 24.6 Å². The number of benzene rings is 2. The van der Waals surface area contributed by atoms with Crippen molar-refractivity contribution in [3.8, 4) is 6.07 Å². The number of hydrogen-bond acceptors (Lipinski definition) is 4. The number of amides is 2. The van der Waals surface area contributed by atoms with Gasteiger partial charge in [-0.25, -0.2) is 0 Å². The van der Waals surface area contributed by atoms with Gasteiger partial charge in [0.2, 0.25) is 5.91 Å². The minimum Gasteiger partial charge on any atom is -0.349 e. The molecule has 5 nitrogen and oxygen atoms in total. The predicted molar refractivity (Wildman–Crippen MR) is 103 cm³/mol. The normalized spacial score (nSPS) is 12.9. The van der Waals surface area contributed by atoms with Gasteiger partial charge in [0.05, 0.1) is 17.4 Å². The molecule has 0 radical (unpaired) electrons. The summed E-state index contributed by atoms with van der Waals surface area (Å²) < 4.78 is 0. The second-order valence-corrected chi connectivity index (χ2v) is 7.16. The number of rotatable bonds is 7. The van der Waals surface area contributed by atoms with Crippen LogP contribution < -0.4 is 10.6 Å². The summed E-state index contributed by atoms with van der Waals surface area (Å²) in [5, 5.41) is 14.5. The zero-order chi connectivity index (χ0) is 18.4. The molecule has 26 heavy (non-hydrogen) atoms. The minimum absolute atomic E-state index is 0.0983. The lowest BCUT2D eigenvalue weighted by Crippen LogP contribution is -2.25. The van der Waals surface area contributed by atoms with Crippen LogP contribution in [0.4, 0.5) is 5.69 Å². The monoisotopic (exact) mass is 365 g/mol. The molecule has 0 saturated heterocycles. The number of hydrogen-bond donors (Lipinski definition) is 2. The van der Waals surface area contributed by atoms with Crippen LogP contribution >= 0.6 is 11.8 Å². The van der Waals surface area contributed by atoms with Crippen molar-refractivity contribution in [2.24, 2.45) is 0 Å². The summed E-state index contributed by atoms with van der Waals surface area (Å²) in [5.41, 5.74) is 2.87. The first-order chi connectivity index (χ1) is 12.6.